The van der Waals surface area contributed by atoms with Gasteiger partial charge >= 0.3 is 0 Å². The fraction of sp³-hybridized carbons (Fsp3) is 0.278. The summed E-state index contributed by atoms with van der Waals surface area (Å²) < 4.78 is 0. The molecule has 1 amide bonds. The first-order valence-electron chi connectivity index (χ1n) is 7.61. The topological polar surface area (TPSA) is 66.9 Å². The largest absolute Gasteiger partial charge is 0.351 e. The lowest BCUT2D eigenvalue weighted by atomic mass is 9.98. The van der Waals surface area contributed by atoms with E-state index in [-0.39, 0.29) is 5.91 Å². The molecule has 0 saturated heterocycles. The van der Waals surface area contributed by atoms with Crippen molar-refractivity contribution in [2.24, 2.45) is 0 Å². The van der Waals surface area contributed by atoms with Crippen molar-refractivity contribution in [2.75, 3.05) is 17.2 Å². The number of carbonyl (C=O) groups is 1. The Kier molecular flexibility index (Phi) is 5.46. The molecule has 0 fully saturated rings. The number of amides is 1. The van der Waals surface area contributed by atoms with Crippen LogP contribution in [-0.4, -0.2) is 22.4 Å². The van der Waals surface area contributed by atoms with E-state index < -0.39 is 0 Å². The zero-order valence-corrected chi connectivity index (χ0v) is 13.8. The van der Waals surface area contributed by atoms with Crippen molar-refractivity contribution >= 4 is 17.5 Å². The lowest BCUT2D eigenvalue weighted by molar-refractivity contribution is 0.102. The van der Waals surface area contributed by atoms with Crippen molar-refractivity contribution in [3.05, 3.63) is 59.9 Å². The number of anilines is 2. The zero-order valence-electron chi connectivity index (χ0n) is 13.8. The Morgan fingerprint density at radius 3 is 2.83 bits per heavy atom. The molecule has 2 rings (SSSR count). The molecule has 0 saturated carbocycles. The summed E-state index contributed by atoms with van der Waals surface area (Å²) in [4.78, 5) is 20.8. The number of benzene rings is 1. The van der Waals surface area contributed by atoms with Crippen molar-refractivity contribution in [2.45, 2.75) is 26.7 Å². The first-order chi connectivity index (χ1) is 11.0. The van der Waals surface area contributed by atoms with Gasteiger partial charge in [0.15, 0.2) is 0 Å². The number of nitrogens with one attached hydrogen (secondary N) is 2. The van der Waals surface area contributed by atoms with E-state index in [1.165, 1.54) is 0 Å². The minimum atomic E-state index is -0.245. The van der Waals surface area contributed by atoms with E-state index in [2.05, 4.69) is 41.0 Å². The molecular formula is C18H22N4O. The molecule has 5 nitrogen and oxygen atoms in total. The van der Waals surface area contributed by atoms with Gasteiger partial charge < -0.3 is 10.6 Å². The molecule has 1 aromatic heterocycles. The molecular weight excluding hydrogens is 288 g/mol. The number of aryl methyl sites for hydroxylation is 1. The minimum absolute atomic E-state index is 0.245. The number of hydrogen-bond acceptors (Lipinski definition) is 4. The van der Waals surface area contributed by atoms with Crippen LogP contribution in [-0.2, 0) is 0 Å². The van der Waals surface area contributed by atoms with Gasteiger partial charge in [-0.05, 0) is 30.0 Å². The van der Waals surface area contributed by atoms with E-state index in [9.17, 15) is 4.79 Å². The van der Waals surface area contributed by atoms with Crippen molar-refractivity contribution in [3.63, 3.8) is 0 Å². The second-order valence-electron chi connectivity index (χ2n) is 5.58. The fourth-order valence-corrected chi connectivity index (χ4v) is 2.25. The zero-order chi connectivity index (χ0) is 16.8. The third-order valence-electron chi connectivity index (χ3n) is 3.46. The summed E-state index contributed by atoms with van der Waals surface area (Å²) in [5, 5.41) is 5.96. The molecule has 1 heterocycles. The Bertz CT molecular complexity index is 710. The minimum Gasteiger partial charge on any atom is -0.351 e. The van der Waals surface area contributed by atoms with Crippen LogP contribution >= 0.6 is 0 Å². The summed E-state index contributed by atoms with van der Waals surface area (Å²) in [6.45, 7) is 10.4. The molecule has 0 spiro atoms. The highest BCUT2D eigenvalue weighted by molar-refractivity contribution is 6.03. The molecule has 0 bridgehead atoms. The third-order valence-corrected chi connectivity index (χ3v) is 3.46. The van der Waals surface area contributed by atoms with E-state index >= 15 is 0 Å². The number of rotatable bonds is 6. The average molecular weight is 310 g/mol. The molecule has 120 valence electrons. The maximum absolute atomic E-state index is 12.5. The highest BCUT2D eigenvalue weighted by Gasteiger charge is 2.14. The smallest absolute Gasteiger partial charge is 0.274 e. The van der Waals surface area contributed by atoms with Gasteiger partial charge in [-0.15, -0.1) is 6.58 Å². The molecule has 0 aliphatic heterocycles. The van der Waals surface area contributed by atoms with Gasteiger partial charge in [-0.3, -0.25) is 4.79 Å². The number of carbonyl (C=O) groups excluding carboxylic acids is 1. The Balaban J connectivity index is 2.24. The van der Waals surface area contributed by atoms with Crippen LogP contribution in [0.4, 0.5) is 11.6 Å². The maximum Gasteiger partial charge on any atom is 0.274 e. The predicted octanol–water partition coefficient (Wildman–Crippen LogP) is 3.76. The summed E-state index contributed by atoms with van der Waals surface area (Å²) >= 11 is 0. The van der Waals surface area contributed by atoms with E-state index in [0.29, 0.717) is 24.1 Å². The highest BCUT2D eigenvalue weighted by Crippen LogP contribution is 2.27. The molecule has 2 N–H and O–H groups in total. The standard InChI is InChI=1S/C18H22N4O/c1-5-10-19-18-20-11-9-15(21-18)17(23)22-16-13(4)7-6-8-14(16)12(2)3/h5-9,11-12H,1,10H2,2-4H3,(H,22,23)(H,19,20,21). The SMILES string of the molecule is C=CCNc1nccc(C(=O)Nc2c(C)cccc2C(C)C)n1. The number of nitrogens with zero attached hydrogens (tertiary/aromatic N) is 2. The fourth-order valence-electron chi connectivity index (χ4n) is 2.25. The lowest BCUT2D eigenvalue weighted by Gasteiger charge is -2.16. The van der Waals surface area contributed by atoms with Crippen LogP contribution in [0.2, 0.25) is 0 Å². The summed E-state index contributed by atoms with van der Waals surface area (Å²) in [5.74, 6) is 0.483. The first-order valence-corrected chi connectivity index (χ1v) is 7.61. The molecule has 23 heavy (non-hydrogen) atoms. The van der Waals surface area contributed by atoms with Crippen molar-refractivity contribution in [1.82, 2.24) is 9.97 Å². The van der Waals surface area contributed by atoms with Gasteiger partial charge in [0, 0.05) is 18.4 Å². The Morgan fingerprint density at radius 1 is 1.35 bits per heavy atom. The molecule has 5 heteroatoms. The normalized spacial score (nSPS) is 10.4. The quantitative estimate of drug-likeness (QED) is 0.797. The van der Waals surface area contributed by atoms with Crippen molar-refractivity contribution in [3.8, 4) is 0 Å². The number of hydrogen-bond donors (Lipinski definition) is 2. The molecule has 0 unspecified atom stereocenters. The van der Waals surface area contributed by atoms with Crippen LogP contribution in [0.25, 0.3) is 0 Å². The van der Waals surface area contributed by atoms with E-state index in [1.807, 2.05) is 25.1 Å². The van der Waals surface area contributed by atoms with Crippen molar-refractivity contribution < 1.29 is 4.79 Å². The second-order valence-corrected chi connectivity index (χ2v) is 5.58. The molecule has 0 aliphatic carbocycles. The molecule has 0 atom stereocenters. The second kappa shape index (κ2) is 7.54. The third kappa shape index (κ3) is 4.16. The van der Waals surface area contributed by atoms with Crippen LogP contribution in [0.3, 0.4) is 0 Å². The lowest BCUT2D eigenvalue weighted by Crippen LogP contribution is -2.17. The molecule has 0 aliphatic rings. The van der Waals surface area contributed by atoms with Gasteiger partial charge in [-0.25, -0.2) is 9.97 Å². The number of para-hydroxylation sites is 1. The summed E-state index contributed by atoms with van der Waals surface area (Å²) in [6, 6.07) is 7.62. The maximum atomic E-state index is 12.5. The highest BCUT2D eigenvalue weighted by atomic mass is 16.1. The van der Waals surface area contributed by atoms with E-state index in [1.54, 1.807) is 18.3 Å². The van der Waals surface area contributed by atoms with E-state index in [0.717, 1.165) is 16.8 Å². The van der Waals surface area contributed by atoms with Gasteiger partial charge in [0.2, 0.25) is 5.95 Å². The average Bonchev–Trinajstić information content (AvgIpc) is 2.54. The van der Waals surface area contributed by atoms with Crippen LogP contribution in [0.1, 0.15) is 41.4 Å². The summed E-state index contributed by atoms with van der Waals surface area (Å²) in [7, 11) is 0. The number of aromatic nitrogens is 2. The Labute approximate surface area is 136 Å². The molecule has 0 radical (unpaired) electrons. The molecule has 1 aromatic carbocycles. The van der Waals surface area contributed by atoms with Crippen LogP contribution in [0.5, 0.6) is 0 Å². The van der Waals surface area contributed by atoms with Gasteiger partial charge in [0.25, 0.3) is 5.91 Å². The van der Waals surface area contributed by atoms with Gasteiger partial charge in [0.1, 0.15) is 5.69 Å². The Morgan fingerprint density at radius 2 is 2.13 bits per heavy atom. The summed E-state index contributed by atoms with van der Waals surface area (Å²) in [5.41, 5.74) is 3.32. The first kappa shape index (κ1) is 16.7. The monoisotopic (exact) mass is 310 g/mol. The van der Waals surface area contributed by atoms with Crippen LogP contribution in [0, 0.1) is 6.92 Å². The van der Waals surface area contributed by atoms with Crippen LogP contribution in [0.15, 0.2) is 43.1 Å². The van der Waals surface area contributed by atoms with Gasteiger partial charge in [-0.1, -0.05) is 38.1 Å². The Hall–Kier alpha value is -2.69. The van der Waals surface area contributed by atoms with Gasteiger partial charge in [0.05, 0.1) is 0 Å². The van der Waals surface area contributed by atoms with E-state index in [4.69, 9.17) is 0 Å². The van der Waals surface area contributed by atoms with Crippen molar-refractivity contribution in [1.29, 1.82) is 0 Å². The summed E-state index contributed by atoms with van der Waals surface area (Å²) in [6.07, 6.45) is 3.27. The molecule has 2 aromatic rings. The van der Waals surface area contributed by atoms with Crippen LogP contribution < -0.4 is 10.6 Å². The predicted molar refractivity (Wildman–Crippen MR) is 93.9 cm³/mol. The van der Waals surface area contributed by atoms with Gasteiger partial charge in [-0.2, -0.15) is 0 Å².